The molecule has 0 unspecified atom stereocenters. The number of benzene rings is 1. The predicted octanol–water partition coefficient (Wildman–Crippen LogP) is 2.20. The molecule has 6 heteroatoms. The monoisotopic (exact) mass is 384 g/mol. The van der Waals surface area contributed by atoms with Crippen molar-refractivity contribution in [2.24, 2.45) is 0 Å². The number of amides is 1. The van der Waals surface area contributed by atoms with Crippen LogP contribution in [0.1, 0.15) is 5.56 Å². The van der Waals surface area contributed by atoms with Crippen molar-refractivity contribution < 1.29 is 9.53 Å². The molecule has 0 aliphatic rings. The van der Waals surface area contributed by atoms with E-state index in [2.05, 4.69) is 33.2 Å². The van der Waals surface area contributed by atoms with Crippen LogP contribution < -0.4 is 10.6 Å². The van der Waals surface area contributed by atoms with Gasteiger partial charge in [0, 0.05) is 22.9 Å². The lowest BCUT2D eigenvalue weighted by Gasteiger charge is -2.09. The smallest absolute Gasteiger partial charge is 0.238 e. The molecule has 2 N–H and O–H groups in total. The van der Waals surface area contributed by atoms with Gasteiger partial charge >= 0.3 is 0 Å². The zero-order valence-corrected chi connectivity index (χ0v) is 13.4. The Bertz CT molecular complexity index is 388. The van der Waals surface area contributed by atoms with Gasteiger partial charge in [-0.05, 0) is 53.3 Å². The first-order chi connectivity index (χ1) is 8.13. The van der Waals surface area contributed by atoms with Gasteiger partial charge in [-0.1, -0.05) is 0 Å². The summed E-state index contributed by atoms with van der Waals surface area (Å²) in [4.78, 5) is 11.6. The molecule has 0 atom stereocenters. The molecule has 0 bridgehead atoms. The molecule has 1 aromatic rings. The van der Waals surface area contributed by atoms with Crippen LogP contribution >= 0.6 is 35.0 Å². The van der Waals surface area contributed by atoms with E-state index in [4.69, 9.17) is 4.74 Å². The van der Waals surface area contributed by atoms with Gasteiger partial charge in [-0.15, -0.1) is 12.4 Å². The number of nitrogens with one attached hydrogen (secondary N) is 2. The highest BCUT2D eigenvalue weighted by Gasteiger charge is 2.04. The van der Waals surface area contributed by atoms with E-state index in [1.807, 2.05) is 25.1 Å². The zero-order chi connectivity index (χ0) is 12.7. The molecule has 0 saturated carbocycles. The van der Waals surface area contributed by atoms with Gasteiger partial charge in [0.15, 0.2) is 0 Å². The Balaban J connectivity index is 0.00000289. The lowest BCUT2D eigenvalue weighted by atomic mass is 10.2. The van der Waals surface area contributed by atoms with Crippen molar-refractivity contribution in [3.63, 3.8) is 0 Å². The summed E-state index contributed by atoms with van der Waals surface area (Å²) < 4.78 is 6.04. The third-order valence-corrected chi connectivity index (χ3v) is 2.90. The van der Waals surface area contributed by atoms with Crippen LogP contribution in [0.25, 0.3) is 0 Å². The van der Waals surface area contributed by atoms with E-state index in [0.717, 1.165) is 14.8 Å². The van der Waals surface area contributed by atoms with E-state index in [1.54, 1.807) is 7.11 Å². The van der Waals surface area contributed by atoms with Crippen LogP contribution in [-0.4, -0.2) is 32.7 Å². The van der Waals surface area contributed by atoms with Gasteiger partial charge in [-0.2, -0.15) is 0 Å². The fraction of sp³-hybridized carbons (Fsp3) is 0.417. The topological polar surface area (TPSA) is 50.4 Å². The quantitative estimate of drug-likeness (QED) is 0.584. The van der Waals surface area contributed by atoms with Crippen LogP contribution in [0, 0.1) is 10.5 Å². The van der Waals surface area contributed by atoms with Gasteiger partial charge in [-0.25, -0.2) is 0 Å². The van der Waals surface area contributed by atoms with Gasteiger partial charge in [0.05, 0.1) is 13.2 Å². The Morgan fingerprint density at radius 2 is 2.17 bits per heavy atom. The van der Waals surface area contributed by atoms with Gasteiger partial charge in [0.2, 0.25) is 5.91 Å². The number of anilines is 1. The van der Waals surface area contributed by atoms with E-state index in [1.165, 1.54) is 0 Å². The second-order valence-corrected chi connectivity index (χ2v) is 4.92. The molecule has 0 radical (unpaired) electrons. The minimum atomic E-state index is -0.0367. The van der Waals surface area contributed by atoms with Crippen molar-refractivity contribution >= 4 is 46.6 Å². The Labute approximate surface area is 127 Å². The molecule has 0 saturated heterocycles. The number of aryl methyl sites for hydroxylation is 1. The lowest BCUT2D eigenvalue weighted by Crippen LogP contribution is -2.30. The molecular weight excluding hydrogens is 367 g/mol. The molecule has 1 rings (SSSR count). The minimum absolute atomic E-state index is 0. The SMILES string of the molecule is COCCNCC(=O)Nc1ccc(I)cc1C.Cl. The molecule has 0 fully saturated rings. The zero-order valence-electron chi connectivity index (χ0n) is 10.5. The van der Waals surface area contributed by atoms with E-state index < -0.39 is 0 Å². The van der Waals surface area contributed by atoms with Gasteiger partial charge in [0.25, 0.3) is 0 Å². The molecule has 0 heterocycles. The van der Waals surface area contributed by atoms with Crippen molar-refractivity contribution in [3.05, 3.63) is 27.3 Å². The standard InChI is InChI=1S/C12H17IN2O2.ClH/c1-9-7-10(13)3-4-11(9)15-12(16)8-14-5-6-17-2;/h3-4,7,14H,5-6,8H2,1-2H3,(H,15,16);1H. The van der Waals surface area contributed by atoms with Crippen LogP contribution in [-0.2, 0) is 9.53 Å². The van der Waals surface area contributed by atoms with Gasteiger partial charge in [0.1, 0.15) is 0 Å². The number of rotatable bonds is 6. The van der Waals surface area contributed by atoms with Crippen molar-refractivity contribution in [2.45, 2.75) is 6.92 Å². The van der Waals surface area contributed by atoms with E-state index >= 15 is 0 Å². The third kappa shape index (κ3) is 6.53. The van der Waals surface area contributed by atoms with Gasteiger partial charge in [-0.3, -0.25) is 4.79 Å². The first-order valence-corrected chi connectivity index (χ1v) is 6.47. The Kier molecular flexibility index (Phi) is 9.35. The summed E-state index contributed by atoms with van der Waals surface area (Å²) in [6.45, 7) is 3.57. The average Bonchev–Trinajstić information content (AvgIpc) is 2.28. The normalized spacial score (nSPS) is 9.72. The van der Waals surface area contributed by atoms with Crippen LogP contribution in [0.2, 0.25) is 0 Å². The fourth-order valence-corrected chi connectivity index (χ4v) is 1.98. The maximum absolute atomic E-state index is 11.6. The van der Waals surface area contributed by atoms with Crippen molar-refractivity contribution in [1.82, 2.24) is 5.32 Å². The number of methoxy groups -OCH3 is 1. The number of hydrogen-bond donors (Lipinski definition) is 2. The summed E-state index contributed by atoms with van der Waals surface area (Å²) in [6, 6.07) is 5.93. The summed E-state index contributed by atoms with van der Waals surface area (Å²) >= 11 is 2.25. The van der Waals surface area contributed by atoms with Crippen LogP contribution in [0.15, 0.2) is 18.2 Å². The van der Waals surface area contributed by atoms with Crippen LogP contribution in [0.4, 0.5) is 5.69 Å². The van der Waals surface area contributed by atoms with E-state index in [0.29, 0.717) is 19.7 Å². The maximum atomic E-state index is 11.6. The molecule has 0 aliphatic carbocycles. The number of halogens is 2. The molecule has 102 valence electrons. The molecule has 1 aromatic carbocycles. The number of ether oxygens (including phenoxy) is 1. The number of carbonyl (C=O) groups excluding carboxylic acids is 1. The Morgan fingerprint density at radius 1 is 1.44 bits per heavy atom. The van der Waals surface area contributed by atoms with Crippen LogP contribution in [0.5, 0.6) is 0 Å². The van der Waals surface area contributed by atoms with Gasteiger partial charge < -0.3 is 15.4 Å². The molecule has 4 nitrogen and oxygen atoms in total. The highest BCUT2D eigenvalue weighted by molar-refractivity contribution is 14.1. The van der Waals surface area contributed by atoms with E-state index in [-0.39, 0.29) is 18.3 Å². The largest absolute Gasteiger partial charge is 0.383 e. The summed E-state index contributed by atoms with van der Waals surface area (Å²) in [6.07, 6.45) is 0. The molecule has 0 spiro atoms. The summed E-state index contributed by atoms with van der Waals surface area (Å²) in [5.74, 6) is -0.0367. The second kappa shape index (κ2) is 9.55. The molecule has 0 aromatic heterocycles. The second-order valence-electron chi connectivity index (χ2n) is 3.68. The average molecular weight is 385 g/mol. The van der Waals surface area contributed by atoms with Crippen molar-refractivity contribution in [2.75, 3.05) is 32.1 Å². The molecule has 18 heavy (non-hydrogen) atoms. The minimum Gasteiger partial charge on any atom is -0.383 e. The Morgan fingerprint density at radius 3 is 2.78 bits per heavy atom. The summed E-state index contributed by atoms with van der Waals surface area (Å²) in [5, 5.41) is 5.87. The number of hydrogen-bond acceptors (Lipinski definition) is 3. The number of carbonyl (C=O) groups is 1. The molecular formula is C12H18ClIN2O2. The summed E-state index contributed by atoms with van der Waals surface area (Å²) in [7, 11) is 1.64. The van der Waals surface area contributed by atoms with E-state index in [9.17, 15) is 4.79 Å². The predicted molar refractivity (Wildman–Crippen MR) is 84.5 cm³/mol. The van der Waals surface area contributed by atoms with Crippen LogP contribution in [0.3, 0.4) is 0 Å². The first kappa shape index (κ1) is 17.6. The van der Waals surface area contributed by atoms with Crippen molar-refractivity contribution in [3.8, 4) is 0 Å². The molecule has 1 amide bonds. The highest BCUT2D eigenvalue weighted by atomic mass is 127. The fourth-order valence-electron chi connectivity index (χ4n) is 1.34. The maximum Gasteiger partial charge on any atom is 0.238 e. The first-order valence-electron chi connectivity index (χ1n) is 5.39. The highest BCUT2D eigenvalue weighted by Crippen LogP contribution is 2.17. The summed E-state index contributed by atoms with van der Waals surface area (Å²) in [5.41, 5.74) is 1.94. The van der Waals surface area contributed by atoms with Crippen molar-refractivity contribution in [1.29, 1.82) is 0 Å². The lowest BCUT2D eigenvalue weighted by molar-refractivity contribution is -0.115. The third-order valence-electron chi connectivity index (χ3n) is 2.23. The molecule has 0 aliphatic heterocycles. The Hall–Kier alpha value is -0.370.